The summed E-state index contributed by atoms with van der Waals surface area (Å²) in [5.41, 5.74) is 1.20. The van der Waals surface area contributed by atoms with E-state index in [0.29, 0.717) is 13.3 Å². The van der Waals surface area contributed by atoms with Crippen molar-refractivity contribution in [1.29, 1.82) is 0 Å². The van der Waals surface area contributed by atoms with Crippen LogP contribution in [0.2, 0.25) is 0 Å². The number of thiophene rings is 1. The highest BCUT2D eigenvalue weighted by Gasteiger charge is 2.13. The van der Waals surface area contributed by atoms with Crippen molar-refractivity contribution >= 4 is 11.3 Å². The van der Waals surface area contributed by atoms with E-state index in [9.17, 15) is 5.11 Å². The number of nitrogens with one attached hydrogen (secondary N) is 1. The summed E-state index contributed by atoms with van der Waals surface area (Å²) in [6, 6.07) is 10.0. The third-order valence-corrected chi connectivity index (χ3v) is 4.56. The zero-order chi connectivity index (χ0) is 14.7. The molecular formula is C16H19NO3S. The van der Waals surface area contributed by atoms with Crippen LogP contribution < -0.4 is 14.8 Å². The molecule has 1 aromatic carbocycles. The van der Waals surface area contributed by atoms with E-state index < -0.39 is 6.10 Å². The Morgan fingerprint density at radius 2 is 2.10 bits per heavy atom. The lowest BCUT2D eigenvalue weighted by atomic mass is 10.1. The maximum absolute atomic E-state index is 10.1. The van der Waals surface area contributed by atoms with Crippen molar-refractivity contribution in [2.24, 2.45) is 0 Å². The number of aliphatic hydroxyl groups excluding tert-OH is 1. The Morgan fingerprint density at radius 3 is 2.90 bits per heavy atom. The van der Waals surface area contributed by atoms with E-state index in [1.165, 1.54) is 10.4 Å². The van der Waals surface area contributed by atoms with E-state index in [1.54, 1.807) is 11.3 Å². The molecule has 0 saturated carbocycles. The molecule has 0 aliphatic carbocycles. The Bertz CT molecular complexity index is 611. The van der Waals surface area contributed by atoms with Crippen LogP contribution in [0.1, 0.15) is 21.4 Å². The van der Waals surface area contributed by atoms with Crippen LogP contribution in [-0.2, 0) is 6.42 Å². The highest BCUT2D eigenvalue weighted by atomic mass is 32.1. The van der Waals surface area contributed by atoms with Gasteiger partial charge < -0.3 is 19.9 Å². The van der Waals surface area contributed by atoms with Crippen LogP contribution in [-0.4, -0.2) is 25.0 Å². The second-order valence-electron chi connectivity index (χ2n) is 5.11. The molecule has 1 aromatic heterocycles. The maximum atomic E-state index is 10.1. The average molecular weight is 305 g/mol. The monoisotopic (exact) mass is 305 g/mol. The topological polar surface area (TPSA) is 50.7 Å². The summed E-state index contributed by atoms with van der Waals surface area (Å²) in [7, 11) is 0. The molecule has 0 amide bonds. The fourth-order valence-electron chi connectivity index (χ4n) is 2.30. The van der Waals surface area contributed by atoms with Crippen LogP contribution in [0.25, 0.3) is 0 Å². The molecule has 0 bridgehead atoms. The van der Waals surface area contributed by atoms with Gasteiger partial charge in [0.2, 0.25) is 6.79 Å². The van der Waals surface area contributed by atoms with Gasteiger partial charge in [-0.3, -0.25) is 0 Å². The lowest BCUT2D eigenvalue weighted by Gasteiger charge is -2.10. The molecule has 0 spiro atoms. The van der Waals surface area contributed by atoms with Crippen LogP contribution in [0.15, 0.2) is 30.3 Å². The number of ether oxygens (including phenoxy) is 2. The highest BCUT2D eigenvalue weighted by molar-refractivity contribution is 7.12. The van der Waals surface area contributed by atoms with Gasteiger partial charge in [-0.1, -0.05) is 6.07 Å². The molecule has 2 N–H and O–H groups in total. The van der Waals surface area contributed by atoms with Gasteiger partial charge in [0.25, 0.3) is 0 Å². The first-order valence-corrected chi connectivity index (χ1v) is 7.87. The number of aliphatic hydroxyl groups is 1. The van der Waals surface area contributed by atoms with E-state index in [2.05, 4.69) is 5.32 Å². The van der Waals surface area contributed by atoms with Gasteiger partial charge in [-0.2, -0.15) is 0 Å². The van der Waals surface area contributed by atoms with Crippen molar-refractivity contribution in [2.75, 3.05) is 19.9 Å². The number of hydrogen-bond donors (Lipinski definition) is 2. The molecule has 4 nitrogen and oxygen atoms in total. The summed E-state index contributed by atoms with van der Waals surface area (Å²) < 4.78 is 10.7. The number of aryl methyl sites for hydroxylation is 1. The smallest absolute Gasteiger partial charge is 0.231 e. The largest absolute Gasteiger partial charge is 0.454 e. The first kappa shape index (κ1) is 14.4. The summed E-state index contributed by atoms with van der Waals surface area (Å²) in [6.07, 6.45) is 0.466. The summed E-state index contributed by atoms with van der Waals surface area (Å²) >= 11 is 1.64. The quantitative estimate of drug-likeness (QED) is 0.806. The fourth-order valence-corrected chi connectivity index (χ4v) is 3.16. The lowest BCUT2D eigenvalue weighted by molar-refractivity contribution is 0.174. The van der Waals surface area contributed by atoms with Crippen LogP contribution in [0.3, 0.4) is 0 Å². The zero-order valence-corrected chi connectivity index (χ0v) is 12.8. The van der Waals surface area contributed by atoms with Gasteiger partial charge in [0, 0.05) is 16.3 Å². The van der Waals surface area contributed by atoms with Gasteiger partial charge in [0.1, 0.15) is 6.10 Å². The van der Waals surface area contributed by atoms with E-state index >= 15 is 0 Å². The fraction of sp³-hybridized carbons (Fsp3) is 0.375. The molecule has 0 radical (unpaired) electrons. The second kappa shape index (κ2) is 6.47. The molecule has 0 saturated heterocycles. The van der Waals surface area contributed by atoms with Crippen LogP contribution in [0.4, 0.5) is 0 Å². The average Bonchev–Trinajstić information content (AvgIpc) is 3.11. The van der Waals surface area contributed by atoms with Crippen molar-refractivity contribution in [2.45, 2.75) is 19.4 Å². The molecule has 2 aromatic rings. The van der Waals surface area contributed by atoms with Crippen LogP contribution in [0, 0.1) is 6.92 Å². The molecule has 1 aliphatic rings. The third-order valence-electron chi connectivity index (χ3n) is 3.45. The van der Waals surface area contributed by atoms with Gasteiger partial charge in [-0.05, 0) is 49.7 Å². The van der Waals surface area contributed by atoms with Gasteiger partial charge in [0.15, 0.2) is 11.5 Å². The predicted molar refractivity (Wildman–Crippen MR) is 83.2 cm³/mol. The lowest BCUT2D eigenvalue weighted by Crippen LogP contribution is -2.23. The minimum Gasteiger partial charge on any atom is -0.454 e. The van der Waals surface area contributed by atoms with E-state index in [-0.39, 0.29) is 0 Å². The molecule has 112 valence electrons. The van der Waals surface area contributed by atoms with Crippen molar-refractivity contribution in [3.63, 3.8) is 0 Å². The van der Waals surface area contributed by atoms with Crippen LogP contribution >= 0.6 is 11.3 Å². The first-order valence-electron chi connectivity index (χ1n) is 7.06. The van der Waals surface area contributed by atoms with Crippen molar-refractivity contribution < 1.29 is 14.6 Å². The van der Waals surface area contributed by atoms with E-state index in [1.807, 2.05) is 37.3 Å². The Hall–Kier alpha value is -1.56. The maximum Gasteiger partial charge on any atom is 0.231 e. The number of benzene rings is 1. The number of fused-ring (bicyclic) bond motifs is 1. The molecule has 21 heavy (non-hydrogen) atoms. The van der Waals surface area contributed by atoms with E-state index in [0.717, 1.165) is 29.3 Å². The normalized spacial score (nSPS) is 14.4. The van der Waals surface area contributed by atoms with Crippen LogP contribution in [0.5, 0.6) is 11.5 Å². The Labute approximate surface area is 128 Å². The summed E-state index contributed by atoms with van der Waals surface area (Å²) in [5, 5.41) is 13.4. The number of hydrogen-bond acceptors (Lipinski definition) is 5. The first-order chi connectivity index (χ1) is 10.2. The minimum atomic E-state index is -0.430. The van der Waals surface area contributed by atoms with Crippen molar-refractivity contribution in [3.8, 4) is 11.5 Å². The molecule has 5 heteroatoms. The summed E-state index contributed by atoms with van der Waals surface area (Å²) in [6.45, 7) is 3.75. The minimum absolute atomic E-state index is 0.309. The molecule has 0 fully saturated rings. The SMILES string of the molecule is Cc1ccc([C@@H](O)CNCCc2ccc3c(c2)OCO3)s1. The van der Waals surface area contributed by atoms with Gasteiger partial charge in [0.05, 0.1) is 0 Å². The predicted octanol–water partition coefficient (Wildman–Crippen LogP) is 2.65. The number of rotatable bonds is 6. The molecule has 1 aliphatic heterocycles. The Kier molecular flexibility index (Phi) is 4.43. The van der Waals surface area contributed by atoms with Crippen molar-refractivity contribution in [3.05, 3.63) is 45.6 Å². The Morgan fingerprint density at radius 1 is 1.24 bits per heavy atom. The standard InChI is InChI=1S/C16H19NO3S/c1-11-2-5-16(21-11)13(18)9-17-7-6-12-3-4-14-15(8-12)20-10-19-14/h2-5,8,13,17-18H,6-7,9-10H2,1H3/t13-/m0/s1. The Balaban J connectivity index is 1.44. The summed E-state index contributed by atoms with van der Waals surface area (Å²) in [5.74, 6) is 1.64. The molecular weight excluding hydrogens is 286 g/mol. The molecule has 1 atom stereocenters. The van der Waals surface area contributed by atoms with Crippen molar-refractivity contribution in [1.82, 2.24) is 5.32 Å². The van der Waals surface area contributed by atoms with E-state index in [4.69, 9.17) is 9.47 Å². The molecule has 2 heterocycles. The second-order valence-corrected chi connectivity index (χ2v) is 6.43. The summed E-state index contributed by atoms with van der Waals surface area (Å²) in [4.78, 5) is 2.24. The molecule has 3 rings (SSSR count). The van der Waals surface area contributed by atoms with Gasteiger partial charge in [-0.15, -0.1) is 11.3 Å². The highest BCUT2D eigenvalue weighted by Crippen LogP contribution is 2.32. The van der Waals surface area contributed by atoms with Gasteiger partial charge >= 0.3 is 0 Å². The zero-order valence-electron chi connectivity index (χ0n) is 12.0. The molecule has 0 unspecified atom stereocenters. The van der Waals surface area contributed by atoms with Gasteiger partial charge in [-0.25, -0.2) is 0 Å². The third kappa shape index (κ3) is 3.56.